The van der Waals surface area contributed by atoms with Crippen molar-refractivity contribution in [3.63, 3.8) is 0 Å². The molecule has 2 aliphatic rings. The Morgan fingerprint density at radius 3 is 2.00 bits per heavy atom. The number of hydrogen-bond donors (Lipinski definition) is 1. The van der Waals surface area contributed by atoms with Gasteiger partial charge in [0.2, 0.25) is 0 Å². The quantitative estimate of drug-likeness (QED) is 0.220. The number of urea groups is 1. The molecule has 0 unspecified atom stereocenters. The molecule has 0 bridgehead atoms. The molecule has 49 heavy (non-hydrogen) atoms. The lowest BCUT2D eigenvalue weighted by atomic mass is 9.88. The van der Waals surface area contributed by atoms with E-state index >= 15 is 0 Å². The number of carbonyl (C=O) groups excluding carboxylic acids is 1. The van der Waals surface area contributed by atoms with Gasteiger partial charge in [-0.2, -0.15) is 26.3 Å². The summed E-state index contributed by atoms with van der Waals surface area (Å²) < 4.78 is 160. The molecular weight excluding hydrogens is 695 g/mol. The minimum absolute atomic E-state index is 0.0323. The van der Waals surface area contributed by atoms with Gasteiger partial charge >= 0.3 is 18.4 Å². The highest BCUT2D eigenvalue weighted by Crippen LogP contribution is 2.54. The van der Waals surface area contributed by atoms with E-state index < -0.39 is 91.3 Å². The van der Waals surface area contributed by atoms with Crippen LogP contribution in [0.3, 0.4) is 0 Å². The molecule has 0 spiro atoms. The fraction of sp³-hybridized carbons (Fsp3) is 0.406. The van der Waals surface area contributed by atoms with Crippen LogP contribution in [0.5, 0.6) is 0 Å². The maximum absolute atomic E-state index is 14.5. The van der Waals surface area contributed by atoms with Crippen LogP contribution in [0.2, 0.25) is 0 Å². The molecule has 2 aliphatic heterocycles. The minimum atomic E-state index is -6.23. The molecule has 2 atom stereocenters. The van der Waals surface area contributed by atoms with Crippen molar-refractivity contribution in [3.05, 3.63) is 101 Å². The van der Waals surface area contributed by atoms with Gasteiger partial charge in [0, 0.05) is 37.3 Å². The molecule has 266 valence electrons. The summed E-state index contributed by atoms with van der Waals surface area (Å²) >= 11 is 0. The number of carbonyl (C=O) groups is 1. The smallest absolute Gasteiger partial charge is 0.391 e. The van der Waals surface area contributed by atoms with Gasteiger partial charge in [-0.05, 0) is 61.2 Å². The number of ether oxygens (including phenoxy) is 1. The number of nitrogens with zero attached hydrogens (tertiary/aromatic N) is 2. The molecule has 0 aliphatic carbocycles. The molecule has 2 saturated heterocycles. The fourth-order valence-corrected chi connectivity index (χ4v) is 8.40. The second-order valence-corrected chi connectivity index (χ2v) is 14.2. The van der Waals surface area contributed by atoms with Gasteiger partial charge in [0.15, 0.2) is 9.84 Å². The van der Waals surface area contributed by atoms with Crippen LogP contribution in [0.15, 0.2) is 71.6 Å². The first kappa shape index (κ1) is 36.5. The second-order valence-electron chi connectivity index (χ2n) is 11.9. The average molecular weight is 725 g/mol. The molecule has 1 N–H and O–H groups in total. The Bertz CT molecular complexity index is 1750. The van der Waals surface area contributed by atoms with E-state index in [2.05, 4.69) is 4.74 Å². The third kappa shape index (κ3) is 6.47. The van der Waals surface area contributed by atoms with E-state index in [1.165, 1.54) is 4.90 Å². The SMILES string of the molecule is O=C(N1CCC[C@H](O)C1)N1CC[C@](c2ccc(C(OCc3c(F)cccc3F)(C(F)(F)F)C(F)(F)F)cc2)(S(=O)(=O)c2ccc(F)cc2)C1. The Labute approximate surface area is 274 Å². The van der Waals surface area contributed by atoms with Crippen molar-refractivity contribution in [2.75, 3.05) is 26.2 Å². The van der Waals surface area contributed by atoms with Crippen molar-refractivity contribution < 1.29 is 62.6 Å². The molecule has 3 aromatic rings. The fourth-order valence-electron chi connectivity index (χ4n) is 6.32. The van der Waals surface area contributed by atoms with Crippen molar-refractivity contribution >= 4 is 15.9 Å². The minimum Gasteiger partial charge on any atom is -0.391 e. The largest absolute Gasteiger partial charge is 0.430 e. The van der Waals surface area contributed by atoms with E-state index in [1.807, 2.05) is 0 Å². The van der Waals surface area contributed by atoms with E-state index in [9.17, 15) is 57.8 Å². The molecular formula is C32H29F9N2O5S. The highest BCUT2D eigenvalue weighted by molar-refractivity contribution is 7.92. The number of benzene rings is 3. The average Bonchev–Trinajstić information content (AvgIpc) is 3.49. The molecule has 0 aromatic heterocycles. The molecule has 7 nitrogen and oxygen atoms in total. The number of likely N-dealkylation sites (tertiary alicyclic amines) is 2. The van der Waals surface area contributed by atoms with Gasteiger partial charge in [0.1, 0.15) is 22.2 Å². The molecule has 2 heterocycles. The number of aliphatic hydroxyl groups is 1. The summed E-state index contributed by atoms with van der Waals surface area (Å²) in [4.78, 5) is 15.4. The van der Waals surface area contributed by atoms with Crippen molar-refractivity contribution in [2.45, 2.75) is 59.6 Å². The lowest BCUT2D eigenvalue weighted by molar-refractivity contribution is -0.392. The van der Waals surface area contributed by atoms with Crippen LogP contribution in [-0.4, -0.2) is 74.0 Å². The van der Waals surface area contributed by atoms with E-state index in [1.54, 1.807) is 0 Å². The Morgan fingerprint density at radius 2 is 1.45 bits per heavy atom. The van der Waals surface area contributed by atoms with Crippen LogP contribution in [-0.2, 0) is 31.5 Å². The molecule has 5 rings (SSSR count). The van der Waals surface area contributed by atoms with Crippen LogP contribution >= 0.6 is 0 Å². The van der Waals surface area contributed by atoms with Crippen molar-refractivity contribution in [1.29, 1.82) is 0 Å². The van der Waals surface area contributed by atoms with E-state index in [4.69, 9.17) is 0 Å². The topological polar surface area (TPSA) is 87.2 Å². The summed E-state index contributed by atoms with van der Waals surface area (Å²) in [7, 11) is -4.63. The lowest BCUT2D eigenvalue weighted by Gasteiger charge is -2.38. The van der Waals surface area contributed by atoms with Crippen LogP contribution in [0.1, 0.15) is 36.0 Å². The van der Waals surface area contributed by atoms with Crippen molar-refractivity contribution in [1.82, 2.24) is 9.80 Å². The van der Waals surface area contributed by atoms with E-state index in [0.717, 1.165) is 47.4 Å². The van der Waals surface area contributed by atoms with Crippen LogP contribution in [0.4, 0.5) is 44.3 Å². The van der Waals surface area contributed by atoms with E-state index in [-0.39, 0.29) is 31.6 Å². The van der Waals surface area contributed by atoms with Gasteiger partial charge in [-0.25, -0.2) is 26.4 Å². The number of β-amino-alcohol motifs (C(OH)–C–C–N with tert-alkyl or cyclic N) is 1. The highest BCUT2D eigenvalue weighted by Gasteiger charge is 2.73. The molecule has 3 aromatic carbocycles. The number of piperidine rings is 1. The van der Waals surface area contributed by atoms with Gasteiger partial charge in [0.25, 0.3) is 5.60 Å². The van der Waals surface area contributed by atoms with Gasteiger partial charge in [-0.15, -0.1) is 0 Å². The van der Waals surface area contributed by atoms with Crippen LogP contribution < -0.4 is 0 Å². The number of amides is 2. The predicted octanol–water partition coefficient (Wildman–Crippen LogP) is 6.59. The van der Waals surface area contributed by atoms with Crippen LogP contribution in [0.25, 0.3) is 0 Å². The Kier molecular flexibility index (Phi) is 9.77. The summed E-state index contributed by atoms with van der Waals surface area (Å²) in [6.07, 6.45) is -12.7. The van der Waals surface area contributed by atoms with Crippen LogP contribution in [0, 0.1) is 17.5 Å². The number of aliphatic hydroxyl groups excluding tert-OH is 1. The third-order valence-corrected chi connectivity index (χ3v) is 11.4. The van der Waals surface area contributed by atoms with Gasteiger partial charge in [-0.1, -0.05) is 30.3 Å². The molecule has 0 saturated carbocycles. The number of rotatable bonds is 7. The monoisotopic (exact) mass is 724 g/mol. The summed E-state index contributed by atoms with van der Waals surface area (Å²) in [5.41, 5.74) is -8.13. The number of sulfone groups is 1. The molecule has 0 radical (unpaired) electrons. The zero-order valence-electron chi connectivity index (χ0n) is 25.4. The first-order valence-electron chi connectivity index (χ1n) is 14.9. The summed E-state index contributed by atoms with van der Waals surface area (Å²) in [6.45, 7) is -2.32. The Morgan fingerprint density at radius 1 is 0.857 bits per heavy atom. The maximum atomic E-state index is 14.5. The standard InChI is InChI=1S/C32H29F9N2O5S/c33-22-10-12-24(13-11-22)49(46,47)29(14-16-43(19-29)28(45)42-15-2-3-23(44)17-42)20-6-8-21(9-7-20)30(31(36,37)38,32(39,40)41)48-18-25-26(34)4-1-5-27(25)35/h1,4-13,23,44H,2-3,14-19H2/t23-,29-/m0/s1. The number of hydrogen-bond acceptors (Lipinski definition) is 5. The summed E-state index contributed by atoms with van der Waals surface area (Å²) in [5.74, 6) is -3.67. The number of alkyl halides is 6. The normalized spacial score (nSPS) is 20.9. The van der Waals surface area contributed by atoms with Gasteiger partial charge in [0.05, 0.1) is 17.6 Å². The summed E-state index contributed by atoms with van der Waals surface area (Å²) in [5, 5.41) is 10.0. The highest BCUT2D eigenvalue weighted by atomic mass is 32.2. The van der Waals surface area contributed by atoms with Crippen molar-refractivity contribution in [3.8, 4) is 0 Å². The van der Waals surface area contributed by atoms with Crippen molar-refractivity contribution in [2.24, 2.45) is 0 Å². The second kappa shape index (κ2) is 13.1. The van der Waals surface area contributed by atoms with Gasteiger partial charge in [-0.3, -0.25) is 0 Å². The Hall–Kier alpha value is -3.83. The van der Waals surface area contributed by atoms with E-state index in [0.29, 0.717) is 37.1 Å². The third-order valence-electron chi connectivity index (χ3n) is 8.92. The predicted molar refractivity (Wildman–Crippen MR) is 155 cm³/mol. The molecule has 2 amide bonds. The summed E-state index contributed by atoms with van der Waals surface area (Å²) in [6, 6.07) is 7.27. The lowest BCUT2D eigenvalue weighted by Crippen LogP contribution is -2.56. The zero-order valence-corrected chi connectivity index (χ0v) is 26.2. The first-order valence-corrected chi connectivity index (χ1v) is 16.4. The Balaban J connectivity index is 1.59. The van der Waals surface area contributed by atoms with Gasteiger partial charge < -0.3 is 19.6 Å². The molecule has 2 fully saturated rings. The number of halogens is 9. The maximum Gasteiger partial charge on any atom is 0.430 e. The molecule has 17 heteroatoms. The zero-order chi connectivity index (χ0) is 36.0. The first-order chi connectivity index (χ1) is 22.8.